The molecule has 1 saturated heterocycles. The average Bonchev–Trinajstić information content (AvgIpc) is 3.28. The molecule has 3 heterocycles. The number of halogens is 1. The molecule has 1 unspecified atom stereocenters. The first kappa shape index (κ1) is 16.3. The molecule has 2 aromatic heterocycles. The van der Waals surface area contributed by atoms with E-state index in [1.165, 1.54) is 6.26 Å². The molecule has 2 aromatic rings. The van der Waals surface area contributed by atoms with Crippen molar-refractivity contribution in [2.24, 2.45) is 5.92 Å². The number of nitrogens with zero attached hydrogens (tertiary/aromatic N) is 1. The lowest BCUT2D eigenvalue weighted by molar-refractivity contribution is -0.129. The van der Waals surface area contributed by atoms with E-state index in [1.807, 2.05) is 0 Å². The first-order chi connectivity index (χ1) is 11.5. The largest absolute Gasteiger partial charge is 0.467 e. The van der Waals surface area contributed by atoms with Crippen LogP contribution < -0.4 is 10.9 Å². The molecule has 1 atom stereocenters. The SMILES string of the molecule is O=C(NNC(=O)C1CC(=O)N(Cc2ccco2)C1)c1cc(Br)c[nH]1. The fraction of sp³-hybridized carbons (Fsp3) is 0.267. The Morgan fingerprint density at radius 1 is 1.42 bits per heavy atom. The molecule has 0 bridgehead atoms. The zero-order chi connectivity index (χ0) is 17.1. The third kappa shape index (κ3) is 3.67. The van der Waals surface area contributed by atoms with Gasteiger partial charge in [0.1, 0.15) is 11.5 Å². The maximum atomic E-state index is 12.1. The van der Waals surface area contributed by atoms with Gasteiger partial charge in [-0.3, -0.25) is 25.2 Å². The van der Waals surface area contributed by atoms with Crippen molar-refractivity contribution >= 4 is 33.7 Å². The molecule has 1 aliphatic heterocycles. The molecule has 0 spiro atoms. The molecular formula is C15H15BrN4O4. The van der Waals surface area contributed by atoms with Crippen molar-refractivity contribution < 1.29 is 18.8 Å². The number of carbonyl (C=O) groups excluding carboxylic acids is 3. The number of aromatic nitrogens is 1. The van der Waals surface area contributed by atoms with Gasteiger partial charge in [-0.1, -0.05) is 0 Å². The molecule has 3 rings (SSSR count). The van der Waals surface area contributed by atoms with Gasteiger partial charge in [-0.15, -0.1) is 0 Å². The van der Waals surface area contributed by atoms with Gasteiger partial charge in [0.05, 0.1) is 18.7 Å². The maximum absolute atomic E-state index is 12.1. The highest BCUT2D eigenvalue weighted by molar-refractivity contribution is 9.10. The first-order valence-electron chi connectivity index (χ1n) is 7.27. The number of aromatic amines is 1. The van der Waals surface area contributed by atoms with Crippen LogP contribution in [0.3, 0.4) is 0 Å². The Balaban J connectivity index is 1.50. The highest BCUT2D eigenvalue weighted by atomic mass is 79.9. The van der Waals surface area contributed by atoms with Crippen LogP contribution in [0.5, 0.6) is 0 Å². The van der Waals surface area contributed by atoms with Crippen LogP contribution in [-0.2, 0) is 16.1 Å². The van der Waals surface area contributed by atoms with Crippen LogP contribution in [0.1, 0.15) is 22.7 Å². The van der Waals surface area contributed by atoms with Gasteiger partial charge in [-0.05, 0) is 34.1 Å². The number of hydrogen-bond acceptors (Lipinski definition) is 4. The van der Waals surface area contributed by atoms with Crippen molar-refractivity contribution in [3.8, 4) is 0 Å². The zero-order valence-corrected chi connectivity index (χ0v) is 14.1. The zero-order valence-electron chi connectivity index (χ0n) is 12.5. The van der Waals surface area contributed by atoms with E-state index in [0.717, 1.165) is 4.47 Å². The summed E-state index contributed by atoms with van der Waals surface area (Å²) in [5, 5.41) is 0. The van der Waals surface area contributed by atoms with Crippen molar-refractivity contribution in [1.82, 2.24) is 20.7 Å². The number of H-pyrrole nitrogens is 1. The van der Waals surface area contributed by atoms with E-state index in [4.69, 9.17) is 4.42 Å². The highest BCUT2D eigenvalue weighted by Gasteiger charge is 2.34. The number of carbonyl (C=O) groups is 3. The van der Waals surface area contributed by atoms with Crippen LogP contribution in [0.25, 0.3) is 0 Å². The van der Waals surface area contributed by atoms with E-state index in [-0.39, 0.29) is 18.9 Å². The standard InChI is InChI=1S/C15H15BrN4O4/c16-10-5-12(17-6-10)15(23)19-18-14(22)9-4-13(21)20(7-9)8-11-2-1-3-24-11/h1-3,5-6,9,17H,4,7-8H2,(H,18,22)(H,19,23). The molecule has 1 fully saturated rings. The molecule has 1 aliphatic rings. The molecule has 0 radical (unpaired) electrons. The molecule has 3 N–H and O–H groups in total. The van der Waals surface area contributed by atoms with Crippen LogP contribution in [0, 0.1) is 5.92 Å². The normalized spacial score (nSPS) is 17.1. The number of nitrogens with one attached hydrogen (secondary N) is 3. The Kier molecular flexibility index (Phi) is 4.70. The number of hydrogen-bond donors (Lipinski definition) is 3. The predicted octanol–water partition coefficient (Wildman–Crippen LogP) is 1.18. The van der Waals surface area contributed by atoms with Gasteiger partial charge in [-0.2, -0.15) is 0 Å². The number of hydrazine groups is 1. The summed E-state index contributed by atoms with van der Waals surface area (Å²) in [4.78, 5) is 40.3. The summed E-state index contributed by atoms with van der Waals surface area (Å²) in [5.41, 5.74) is 4.99. The van der Waals surface area contributed by atoms with E-state index in [2.05, 4.69) is 31.8 Å². The van der Waals surface area contributed by atoms with Crippen LogP contribution in [0.15, 0.2) is 39.5 Å². The van der Waals surface area contributed by atoms with Crippen LogP contribution in [0.2, 0.25) is 0 Å². The molecule has 9 heteroatoms. The summed E-state index contributed by atoms with van der Waals surface area (Å²) >= 11 is 3.22. The van der Waals surface area contributed by atoms with E-state index in [1.54, 1.807) is 29.3 Å². The topological polar surface area (TPSA) is 107 Å². The van der Waals surface area contributed by atoms with E-state index in [0.29, 0.717) is 18.0 Å². The van der Waals surface area contributed by atoms with Crippen molar-refractivity contribution in [2.75, 3.05) is 6.54 Å². The monoisotopic (exact) mass is 394 g/mol. The number of amides is 3. The number of furan rings is 1. The Morgan fingerprint density at radius 3 is 2.92 bits per heavy atom. The summed E-state index contributed by atoms with van der Waals surface area (Å²) in [5.74, 6) is -0.834. The average molecular weight is 395 g/mol. The molecule has 0 aromatic carbocycles. The smallest absolute Gasteiger partial charge is 0.286 e. The third-order valence-corrected chi connectivity index (χ3v) is 4.16. The lowest BCUT2D eigenvalue weighted by Gasteiger charge is -2.15. The van der Waals surface area contributed by atoms with Gasteiger partial charge in [0.2, 0.25) is 11.8 Å². The molecule has 0 saturated carbocycles. The predicted molar refractivity (Wildman–Crippen MR) is 86.3 cm³/mol. The van der Waals surface area contributed by atoms with E-state index in [9.17, 15) is 14.4 Å². The summed E-state index contributed by atoms with van der Waals surface area (Å²) in [6.45, 7) is 0.619. The first-order valence-corrected chi connectivity index (χ1v) is 8.06. The fourth-order valence-electron chi connectivity index (χ4n) is 2.48. The maximum Gasteiger partial charge on any atom is 0.286 e. The van der Waals surface area contributed by atoms with E-state index >= 15 is 0 Å². The van der Waals surface area contributed by atoms with Gasteiger partial charge in [0.15, 0.2) is 0 Å². The second-order valence-corrected chi connectivity index (χ2v) is 6.35. The van der Waals surface area contributed by atoms with Crippen molar-refractivity contribution in [3.05, 3.63) is 46.6 Å². The molecular weight excluding hydrogens is 380 g/mol. The fourth-order valence-corrected chi connectivity index (χ4v) is 2.82. The summed E-state index contributed by atoms with van der Waals surface area (Å²) in [7, 11) is 0. The molecule has 24 heavy (non-hydrogen) atoms. The van der Waals surface area contributed by atoms with E-state index < -0.39 is 17.7 Å². The molecule has 126 valence electrons. The van der Waals surface area contributed by atoms with Crippen LogP contribution in [0.4, 0.5) is 0 Å². The summed E-state index contributed by atoms with van der Waals surface area (Å²) in [6, 6.07) is 5.11. The third-order valence-electron chi connectivity index (χ3n) is 3.70. The second kappa shape index (κ2) is 6.91. The van der Waals surface area contributed by atoms with Crippen molar-refractivity contribution in [3.63, 3.8) is 0 Å². The highest BCUT2D eigenvalue weighted by Crippen LogP contribution is 2.20. The number of rotatable bonds is 4. The second-order valence-electron chi connectivity index (χ2n) is 5.43. The van der Waals surface area contributed by atoms with Crippen molar-refractivity contribution in [1.29, 1.82) is 0 Å². The minimum Gasteiger partial charge on any atom is -0.467 e. The Hall–Kier alpha value is -2.55. The number of likely N-dealkylation sites (tertiary alicyclic amines) is 1. The van der Waals surface area contributed by atoms with Gasteiger partial charge >= 0.3 is 0 Å². The van der Waals surface area contributed by atoms with Gasteiger partial charge in [-0.25, -0.2) is 0 Å². The van der Waals surface area contributed by atoms with Crippen molar-refractivity contribution in [2.45, 2.75) is 13.0 Å². The molecule has 8 nitrogen and oxygen atoms in total. The lowest BCUT2D eigenvalue weighted by atomic mass is 10.1. The Labute approximate surface area is 145 Å². The van der Waals surface area contributed by atoms with Gasteiger partial charge in [0.25, 0.3) is 5.91 Å². The van der Waals surface area contributed by atoms with Crippen LogP contribution >= 0.6 is 15.9 Å². The van der Waals surface area contributed by atoms with Crippen LogP contribution in [-0.4, -0.2) is 34.2 Å². The summed E-state index contributed by atoms with van der Waals surface area (Å²) < 4.78 is 5.94. The Bertz CT molecular complexity index is 755. The molecule has 3 amide bonds. The molecule has 0 aliphatic carbocycles. The summed E-state index contributed by atoms with van der Waals surface area (Å²) in [6.07, 6.45) is 3.25. The van der Waals surface area contributed by atoms with Gasteiger partial charge in [0, 0.05) is 23.6 Å². The minimum absolute atomic E-state index is 0.108. The minimum atomic E-state index is -0.511. The van der Waals surface area contributed by atoms with Gasteiger partial charge < -0.3 is 14.3 Å². The Morgan fingerprint density at radius 2 is 2.25 bits per heavy atom. The quantitative estimate of drug-likeness (QED) is 0.676. The lowest BCUT2D eigenvalue weighted by Crippen LogP contribution is -2.45.